The van der Waals surface area contributed by atoms with Gasteiger partial charge in [-0.25, -0.2) is 0 Å². The largest absolute Gasteiger partial charge is 0.350 e. The second-order valence-electron chi connectivity index (χ2n) is 3.81. The average molecular weight is 281 g/mol. The highest BCUT2D eigenvalue weighted by atomic mass is 35.5. The van der Waals surface area contributed by atoms with Crippen molar-refractivity contribution in [3.8, 4) is 0 Å². The molecule has 1 aromatic heterocycles. The standard InChI is InChI=1S/C10H13ClN2OS.ClH/c11-7-3-4-15-9(7)10(14)13-5-8(12)6-1-2-6;/h3-4,6,8H,1-2,5,12H2,(H,13,14);1H. The van der Waals surface area contributed by atoms with Crippen LogP contribution in [-0.2, 0) is 0 Å². The monoisotopic (exact) mass is 280 g/mol. The molecular formula is C10H14Cl2N2OS. The Bertz CT molecular complexity index is 365. The molecule has 6 heteroatoms. The summed E-state index contributed by atoms with van der Waals surface area (Å²) in [5.74, 6) is 0.482. The Hall–Kier alpha value is -0.290. The van der Waals surface area contributed by atoms with Gasteiger partial charge in [0.2, 0.25) is 0 Å². The maximum atomic E-state index is 11.6. The molecule has 0 bridgehead atoms. The van der Waals surface area contributed by atoms with Gasteiger partial charge in [0.15, 0.2) is 0 Å². The van der Waals surface area contributed by atoms with Crippen LogP contribution in [0.2, 0.25) is 5.02 Å². The first kappa shape index (κ1) is 13.8. The Morgan fingerprint density at radius 3 is 2.88 bits per heavy atom. The quantitative estimate of drug-likeness (QED) is 0.889. The lowest BCUT2D eigenvalue weighted by Gasteiger charge is -2.10. The Kier molecular flexibility index (Phi) is 5.05. The lowest BCUT2D eigenvalue weighted by Crippen LogP contribution is -2.38. The van der Waals surface area contributed by atoms with E-state index in [-0.39, 0.29) is 24.4 Å². The first-order valence-corrected chi connectivity index (χ1v) is 6.21. The molecule has 0 aromatic carbocycles. The van der Waals surface area contributed by atoms with Gasteiger partial charge in [-0.15, -0.1) is 23.7 Å². The number of hydrogen-bond donors (Lipinski definition) is 2. The van der Waals surface area contributed by atoms with Gasteiger partial charge >= 0.3 is 0 Å². The summed E-state index contributed by atoms with van der Waals surface area (Å²) in [7, 11) is 0. The van der Waals surface area contributed by atoms with Crippen molar-refractivity contribution in [1.29, 1.82) is 0 Å². The third kappa shape index (κ3) is 3.35. The molecule has 0 aliphatic heterocycles. The fourth-order valence-corrected chi connectivity index (χ4v) is 2.49. The fraction of sp³-hybridized carbons (Fsp3) is 0.500. The molecule has 90 valence electrons. The van der Waals surface area contributed by atoms with Gasteiger partial charge in [-0.2, -0.15) is 0 Å². The second-order valence-corrected chi connectivity index (χ2v) is 5.13. The third-order valence-electron chi connectivity index (χ3n) is 2.55. The molecule has 3 N–H and O–H groups in total. The van der Waals surface area contributed by atoms with E-state index in [4.69, 9.17) is 17.3 Å². The number of carbonyl (C=O) groups excluding carboxylic acids is 1. The summed E-state index contributed by atoms with van der Waals surface area (Å²) < 4.78 is 0. The Morgan fingerprint density at radius 2 is 2.38 bits per heavy atom. The molecule has 1 saturated carbocycles. The first-order valence-electron chi connectivity index (χ1n) is 4.95. The summed E-state index contributed by atoms with van der Waals surface area (Å²) in [5, 5.41) is 5.12. The second kappa shape index (κ2) is 5.87. The third-order valence-corrected chi connectivity index (χ3v) is 3.89. The van der Waals surface area contributed by atoms with Crippen LogP contribution in [-0.4, -0.2) is 18.5 Å². The van der Waals surface area contributed by atoms with E-state index in [2.05, 4.69) is 5.32 Å². The zero-order valence-electron chi connectivity index (χ0n) is 8.61. The molecule has 0 spiro atoms. The molecule has 1 amide bonds. The van der Waals surface area contributed by atoms with Crippen molar-refractivity contribution >= 4 is 41.3 Å². The maximum absolute atomic E-state index is 11.6. The van der Waals surface area contributed by atoms with Gasteiger partial charge in [0.05, 0.1) is 5.02 Å². The Labute approximate surface area is 110 Å². The summed E-state index contributed by atoms with van der Waals surface area (Å²) in [6, 6.07) is 1.81. The molecule has 1 aliphatic rings. The lowest BCUT2D eigenvalue weighted by atomic mass is 10.2. The van der Waals surface area contributed by atoms with E-state index in [1.54, 1.807) is 11.4 Å². The summed E-state index contributed by atoms with van der Waals surface area (Å²) in [6.07, 6.45) is 2.38. The van der Waals surface area contributed by atoms with Gasteiger partial charge in [-0.3, -0.25) is 4.79 Å². The van der Waals surface area contributed by atoms with Crippen molar-refractivity contribution in [2.24, 2.45) is 11.7 Å². The smallest absolute Gasteiger partial charge is 0.262 e. The van der Waals surface area contributed by atoms with Crippen molar-refractivity contribution in [3.63, 3.8) is 0 Å². The minimum absolute atomic E-state index is 0. The molecule has 1 aromatic rings. The highest BCUT2D eigenvalue weighted by molar-refractivity contribution is 7.12. The topological polar surface area (TPSA) is 55.1 Å². The minimum Gasteiger partial charge on any atom is -0.350 e. The Morgan fingerprint density at radius 1 is 1.69 bits per heavy atom. The number of rotatable bonds is 4. The molecule has 1 unspecified atom stereocenters. The van der Waals surface area contributed by atoms with Crippen LogP contribution in [0.5, 0.6) is 0 Å². The number of thiophene rings is 1. The summed E-state index contributed by atoms with van der Waals surface area (Å²) in [5.41, 5.74) is 5.87. The summed E-state index contributed by atoms with van der Waals surface area (Å²) >= 11 is 7.19. The Balaban J connectivity index is 0.00000128. The van der Waals surface area contributed by atoms with Crippen molar-refractivity contribution < 1.29 is 4.79 Å². The van der Waals surface area contributed by atoms with E-state index in [0.29, 0.717) is 22.4 Å². The number of carbonyl (C=O) groups is 1. The van der Waals surface area contributed by atoms with Crippen LogP contribution in [0.4, 0.5) is 0 Å². The maximum Gasteiger partial charge on any atom is 0.262 e. The summed E-state index contributed by atoms with van der Waals surface area (Å²) in [6.45, 7) is 0.539. The average Bonchev–Trinajstić information content (AvgIpc) is 2.98. The molecule has 0 radical (unpaired) electrons. The highest BCUT2D eigenvalue weighted by Crippen LogP contribution is 2.31. The molecule has 1 heterocycles. The highest BCUT2D eigenvalue weighted by Gasteiger charge is 2.28. The van der Waals surface area contributed by atoms with Crippen LogP contribution >= 0.6 is 35.3 Å². The fourth-order valence-electron chi connectivity index (χ4n) is 1.44. The summed E-state index contributed by atoms with van der Waals surface area (Å²) in [4.78, 5) is 12.2. The van der Waals surface area contributed by atoms with Gasteiger partial charge in [-0.05, 0) is 30.2 Å². The van der Waals surface area contributed by atoms with E-state index in [0.717, 1.165) is 0 Å². The van der Waals surface area contributed by atoms with Crippen LogP contribution in [0.15, 0.2) is 11.4 Å². The van der Waals surface area contributed by atoms with Gasteiger partial charge in [-0.1, -0.05) is 11.6 Å². The van der Waals surface area contributed by atoms with Crippen LogP contribution in [0.25, 0.3) is 0 Å². The molecular weight excluding hydrogens is 267 g/mol. The molecule has 2 rings (SSSR count). The molecule has 3 nitrogen and oxygen atoms in total. The van der Waals surface area contributed by atoms with Gasteiger partial charge in [0.1, 0.15) is 4.88 Å². The van der Waals surface area contributed by atoms with Crippen molar-refractivity contribution in [3.05, 3.63) is 21.3 Å². The van der Waals surface area contributed by atoms with Crippen LogP contribution in [0.3, 0.4) is 0 Å². The van der Waals surface area contributed by atoms with Crippen LogP contribution in [0.1, 0.15) is 22.5 Å². The first-order chi connectivity index (χ1) is 7.18. The molecule has 1 aliphatic carbocycles. The predicted octanol–water partition coefficient (Wildman–Crippen LogP) is 2.29. The lowest BCUT2D eigenvalue weighted by molar-refractivity contribution is 0.0954. The van der Waals surface area contributed by atoms with E-state index in [9.17, 15) is 4.79 Å². The predicted molar refractivity (Wildman–Crippen MR) is 69.6 cm³/mol. The van der Waals surface area contributed by atoms with Crippen molar-refractivity contribution in [2.45, 2.75) is 18.9 Å². The molecule has 16 heavy (non-hydrogen) atoms. The molecule has 1 atom stereocenters. The van der Waals surface area contributed by atoms with Gasteiger partial charge < -0.3 is 11.1 Å². The van der Waals surface area contributed by atoms with Crippen molar-refractivity contribution in [2.75, 3.05) is 6.54 Å². The number of nitrogens with one attached hydrogen (secondary N) is 1. The van der Waals surface area contributed by atoms with Gasteiger partial charge in [0, 0.05) is 12.6 Å². The SMILES string of the molecule is Cl.NC(CNC(=O)c1sccc1Cl)C1CC1. The number of amides is 1. The zero-order valence-corrected chi connectivity index (χ0v) is 11.0. The van der Waals surface area contributed by atoms with Crippen LogP contribution in [0, 0.1) is 5.92 Å². The molecule has 0 saturated heterocycles. The van der Waals surface area contributed by atoms with Gasteiger partial charge in [0.25, 0.3) is 5.91 Å². The minimum atomic E-state index is -0.119. The normalized spacial score (nSPS) is 16.4. The number of hydrogen-bond acceptors (Lipinski definition) is 3. The number of nitrogens with two attached hydrogens (primary N) is 1. The van der Waals surface area contributed by atoms with E-state index < -0.39 is 0 Å². The van der Waals surface area contributed by atoms with E-state index in [1.807, 2.05) is 0 Å². The van der Waals surface area contributed by atoms with E-state index >= 15 is 0 Å². The molecule has 1 fully saturated rings. The zero-order chi connectivity index (χ0) is 10.8. The van der Waals surface area contributed by atoms with Crippen molar-refractivity contribution in [1.82, 2.24) is 5.32 Å². The van der Waals surface area contributed by atoms with E-state index in [1.165, 1.54) is 24.2 Å². The number of halogens is 2. The van der Waals surface area contributed by atoms with Crippen LogP contribution < -0.4 is 11.1 Å².